The Hall–Kier alpha value is -1.94. The number of aromatic hydroxyl groups is 1. The molecule has 4 heteroatoms. The topological polar surface area (TPSA) is 32.3 Å². The van der Waals surface area contributed by atoms with Gasteiger partial charge in [-0.25, -0.2) is 8.78 Å². The highest BCUT2D eigenvalue weighted by atomic mass is 19.1. The number of phenols is 1. The van der Waals surface area contributed by atoms with Crippen LogP contribution in [-0.2, 0) is 0 Å². The van der Waals surface area contributed by atoms with Crippen molar-refractivity contribution >= 4 is 0 Å². The Bertz CT molecular complexity index is 643. The third-order valence-electron chi connectivity index (χ3n) is 3.65. The van der Waals surface area contributed by atoms with Crippen LogP contribution in [0.15, 0.2) is 36.4 Å². The molecule has 0 aliphatic heterocycles. The van der Waals surface area contributed by atoms with E-state index in [0.717, 1.165) is 11.6 Å². The molecule has 112 valence electrons. The fourth-order valence-corrected chi connectivity index (χ4v) is 2.31. The molecule has 0 bridgehead atoms. The number of benzene rings is 2. The minimum atomic E-state index is -0.461. The summed E-state index contributed by atoms with van der Waals surface area (Å²) >= 11 is 0. The average Bonchev–Trinajstić information content (AvgIpc) is 2.41. The van der Waals surface area contributed by atoms with Gasteiger partial charge in [-0.2, -0.15) is 0 Å². The Labute approximate surface area is 123 Å². The molecule has 0 heterocycles. The van der Waals surface area contributed by atoms with E-state index in [1.807, 2.05) is 19.9 Å². The molecular formula is C17H19F2NO. The van der Waals surface area contributed by atoms with E-state index in [9.17, 15) is 13.9 Å². The second kappa shape index (κ2) is 6.22. The lowest BCUT2D eigenvalue weighted by Gasteiger charge is -2.21. The molecule has 2 rings (SSSR count). The van der Waals surface area contributed by atoms with Gasteiger partial charge >= 0.3 is 0 Å². The van der Waals surface area contributed by atoms with E-state index in [4.69, 9.17) is 0 Å². The molecule has 2 aromatic rings. The molecular weight excluding hydrogens is 272 g/mol. The molecule has 21 heavy (non-hydrogen) atoms. The number of halogens is 2. The van der Waals surface area contributed by atoms with Gasteiger partial charge in [0.05, 0.1) is 0 Å². The molecule has 2 unspecified atom stereocenters. The van der Waals surface area contributed by atoms with Crippen molar-refractivity contribution in [3.05, 3.63) is 64.7 Å². The fourth-order valence-electron chi connectivity index (χ4n) is 2.31. The van der Waals surface area contributed by atoms with Crippen molar-refractivity contribution in [2.45, 2.75) is 32.9 Å². The minimum Gasteiger partial charge on any atom is -0.508 e. The number of nitrogens with one attached hydrogen (secondary N) is 1. The molecule has 0 aliphatic carbocycles. The zero-order chi connectivity index (χ0) is 15.6. The normalized spacial score (nSPS) is 14.0. The summed E-state index contributed by atoms with van der Waals surface area (Å²) in [4.78, 5) is 0. The van der Waals surface area contributed by atoms with Gasteiger partial charge in [0, 0.05) is 23.7 Å². The number of hydrogen-bond acceptors (Lipinski definition) is 2. The highest BCUT2D eigenvalue weighted by Crippen LogP contribution is 2.24. The Morgan fingerprint density at radius 2 is 1.67 bits per heavy atom. The molecule has 0 fully saturated rings. The molecule has 0 saturated heterocycles. The molecule has 0 radical (unpaired) electrons. The van der Waals surface area contributed by atoms with Gasteiger partial charge in [0.25, 0.3) is 0 Å². The smallest absolute Gasteiger partial charge is 0.131 e. The van der Waals surface area contributed by atoms with Crippen molar-refractivity contribution in [1.29, 1.82) is 0 Å². The van der Waals surface area contributed by atoms with E-state index in [2.05, 4.69) is 5.32 Å². The van der Waals surface area contributed by atoms with Crippen molar-refractivity contribution in [3.8, 4) is 5.75 Å². The predicted octanol–water partition coefficient (Wildman–Crippen LogP) is 4.39. The highest BCUT2D eigenvalue weighted by Gasteiger charge is 2.15. The summed E-state index contributed by atoms with van der Waals surface area (Å²) in [5.74, 6) is -0.806. The first-order valence-corrected chi connectivity index (χ1v) is 6.89. The van der Waals surface area contributed by atoms with Crippen molar-refractivity contribution < 1.29 is 13.9 Å². The van der Waals surface area contributed by atoms with Gasteiger partial charge in [0.2, 0.25) is 0 Å². The van der Waals surface area contributed by atoms with Gasteiger partial charge in [0.15, 0.2) is 0 Å². The zero-order valence-electron chi connectivity index (χ0n) is 12.3. The summed E-state index contributed by atoms with van der Waals surface area (Å²) in [6, 6.07) is 8.78. The molecule has 0 saturated carbocycles. The number of phenolic OH excluding ortho intramolecular Hbond substituents is 1. The van der Waals surface area contributed by atoms with Gasteiger partial charge < -0.3 is 10.4 Å². The monoisotopic (exact) mass is 291 g/mol. The summed E-state index contributed by atoms with van der Waals surface area (Å²) in [6.07, 6.45) is 0. The fraction of sp³-hybridized carbons (Fsp3) is 0.294. The number of hydrogen-bond donors (Lipinski definition) is 2. The summed E-state index contributed by atoms with van der Waals surface area (Å²) < 4.78 is 27.4. The first-order valence-electron chi connectivity index (χ1n) is 6.89. The Morgan fingerprint density at radius 3 is 2.29 bits per heavy atom. The molecule has 0 aromatic heterocycles. The van der Waals surface area contributed by atoms with Crippen LogP contribution >= 0.6 is 0 Å². The van der Waals surface area contributed by atoms with E-state index in [1.165, 1.54) is 12.1 Å². The largest absolute Gasteiger partial charge is 0.508 e. The average molecular weight is 291 g/mol. The first-order chi connectivity index (χ1) is 9.88. The second-order valence-electron chi connectivity index (χ2n) is 5.32. The molecule has 0 amide bonds. The van der Waals surface area contributed by atoms with Crippen LogP contribution in [0.3, 0.4) is 0 Å². The Morgan fingerprint density at radius 1 is 0.952 bits per heavy atom. The first kappa shape index (κ1) is 15.4. The minimum absolute atomic E-state index is 0.0999. The maximum atomic E-state index is 13.8. The van der Waals surface area contributed by atoms with Crippen LogP contribution < -0.4 is 5.32 Å². The maximum Gasteiger partial charge on any atom is 0.131 e. The van der Waals surface area contributed by atoms with Crippen molar-refractivity contribution in [2.75, 3.05) is 0 Å². The lowest BCUT2D eigenvalue weighted by molar-refractivity contribution is 0.453. The van der Waals surface area contributed by atoms with E-state index in [-0.39, 0.29) is 23.7 Å². The molecule has 2 N–H and O–H groups in total. The molecule has 2 atom stereocenters. The van der Waals surface area contributed by atoms with Crippen molar-refractivity contribution in [3.63, 3.8) is 0 Å². The summed E-state index contributed by atoms with van der Waals surface area (Å²) in [5, 5.41) is 12.5. The highest BCUT2D eigenvalue weighted by molar-refractivity contribution is 5.30. The van der Waals surface area contributed by atoms with Crippen molar-refractivity contribution in [2.24, 2.45) is 0 Å². The predicted molar refractivity (Wildman–Crippen MR) is 79.2 cm³/mol. The van der Waals surface area contributed by atoms with Gasteiger partial charge in [-0.15, -0.1) is 0 Å². The van der Waals surface area contributed by atoms with Crippen molar-refractivity contribution in [1.82, 2.24) is 5.32 Å². The van der Waals surface area contributed by atoms with Crippen LogP contribution in [0, 0.1) is 18.6 Å². The lowest BCUT2D eigenvalue weighted by Crippen LogP contribution is -2.23. The van der Waals surface area contributed by atoms with Crippen LogP contribution in [0.25, 0.3) is 0 Å². The second-order valence-corrected chi connectivity index (χ2v) is 5.32. The maximum absolute atomic E-state index is 13.8. The number of rotatable bonds is 4. The van der Waals surface area contributed by atoms with E-state index >= 15 is 0 Å². The van der Waals surface area contributed by atoms with Gasteiger partial charge in [0.1, 0.15) is 17.4 Å². The van der Waals surface area contributed by atoms with Gasteiger partial charge in [-0.1, -0.05) is 18.2 Å². The Kier molecular flexibility index (Phi) is 4.58. The standard InChI is InChI=1S/C17H19F2NO/c1-10-4-5-13(8-16(10)18)11(2)20-12(3)15-7-6-14(21)9-17(15)19/h4-9,11-12,20-21H,1-3H3. The summed E-state index contributed by atoms with van der Waals surface area (Å²) in [6.45, 7) is 5.45. The lowest BCUT2D eigenvalue weighted by atomic mass is 10.0. The summed E-state index contributed by atoms with van der Waals surface area (Å²) in [5.41, 5.74) is 1.87. The Balaban J connectivity index is 2.14. The summed E-state index contributed by atoms with van der Waals surface area (Å²) in [7, 11) is 0. The number of aryl methyl sites for hydroxylation is 1. The third kappa shape index (κ3) is 3.58. The van der Waals surface area contributed by atoms with Crippen LogP contribution in [0.2, 0.25) is 0 Å². The van der Waals surface area contributed by atoms with Crippen LogP contribution in [0.4, 0.5) is 8.78 Å². The van der Waals surface area contributed by atoms with Crippen LogP contribution in [0.1, 0.15) is 42.6 Å². The SMILES string of the molecule is Cc1ccc(C(C)NC(C)c2ccc(O)cc2F)cc1F. The van der Waals surface area contributed by atoms with E-state index in [1.54, 1.807) is 19.1 Å². The third-order valence-corrected chi connectivity index (χ3v) is 3.65. The van der Waals surface area contributed by atoms with E-state index < -0.39 is 5.82 Å². The molecule has 2 nitrogen and oxygen atoms in total. The molecule has 0 aliphatic rings. The molecule has 2 aromatic carbocycles. The van der Waals surface area contributed by atoms with Gasteiger partial charge in [-0.3, -0.25) is 0 Å². The zero-order valence-corrected chi connectivity index (χ0v) is 12.3. The van der Waals surface area contributed by atoms with Crippen LogP contribution in [-0.4, -0.2) is 5.11 Å². The quantitative estimate of drug-likeness (QED) is 0.875. The van der Waals surface area contributed by atoms with Crippen LogP contribution in [0.5, 0.6) is 5.75 Å². The van der Waals surface area contributed by atoms with Gasteiger partial charge in [-0.05, 0) is 44.0 Å². The van der Waals surface area contributed by atoms with E-state index in [0.29, 0.717) is 11.1 Å². The molecule has 0 spiro atoms.